The van der Waals surface area contributed by atoms with Crippen LogP contribution in [-0.2, 0) is 37.0 Å². The van der Waals surface area contributed by atoms with E-state index in [4.69, 9.17) is 17.2 Å². The molecule has 4 nitrogen and oxygen atoms in total. The first-order valence-electron chi connectivity index (χ1n) is 6.63. The smallest absolute Gasteiger partial charge is 0.485 e. The Morgan fingerprint density at radius 2 is 1.26 bits per heavy atom. The molecule has 0 fully saturated rings. The lowest BCUT2D eigenvalue weighted by Crippen LogP contribution is -2.21. The summed E-state index contributed by atoms with van der Waals surface area (Å²) in [5.74, 6) is 2.25. The Bertz CT molecular complexity index is 660. The van der Waals surface area contributed by atoms with Crippen molar-refractivity contribution in [3.8, 4) is 0 Å². The third-order valence-electron chi connectivity index (χ3n) is 4.09. The van der Waals surface area contributed by atoms with Crippen LogP contribution >= 0.6 is 0 Å². The molecule has 0 saturated carbocycles. The Balaban J connectivity index is 0.000000284. The third-order valence-corrected chi connectivity index (χ3v) is 6.35. The Hall–Kier alpha value is -0.770. The van der Waals surface area contributed by atoms with Gasteiger partial charge in [-0.15, -0.1) is 0 Å². The average Bonchev–Trinajstić information content (AvgIpc) is 2.86. The zero-order valence-electron chi connectivity index (χ0n) is 13.5. The average molecular weight is 372 g/mol. The van der Waals surface area contributed by atoms with Crippen LogP contribution in [0.25, 0.3) is 0 Å². The number of fused-ring (bicyclic) bond motifs is 1. The minimum Gasteiger partial charge on any atom is -0.741 e. The molecule has 0 unspecified atom stereocenters. The Kier molecular flexibility index (Phi) is 6.17. The van der Waals surface area contributed by atoms with E-state index in [1.807, 2.05) is 7.11 Å². The van der Waals surface area contributed by atoms with E-state index in [0.29, 0.717) is 0 Å². The van der Waals surface area contributed by atoms with Gasteiger partial charge in [0.15, 0.2) is 32.8 Å². The fourth-order valence-corrected chi connectivity index (χ4v) is 4.11. The van der Waals surface area contributed by atoms with Crippen molar-refractivity contribution in [3.05, 3.63) is 33.4 Å². The first-order chi connectivity index (χ1) is 10.3. The van der Waals surface area contributed by atoms with Gasteiger partial charge in [-0.05, 0) is 49.9 Å². The Morgan fingerprint density at radius 1 is 0.957 bits per heavy atom. The van der Waals surface area contributed by atoms with Gasteiger partial charge in [0.25, 0.3) is 0 Å². The van der Waals surface area contributed by atoms with Crippen LogP contribution in [0.4, 0.5) is 13.2 Å². The van der Waals surface area contributed by atoms with E-state index in [-0.39, 0.29) is 11.2 Å². The number of benzene rings is 1. The Labute approximate surface area is 137 Å². The topological polar surface area (TPSA) is 66.4 Å². The van der Waals surface area contributed by atoms with E-state index in [2.05, 4.69) is 27.7 Å². The molecular weight excluding hydrogens is 353 g/mol. The van der Waals surface area contributed by atoms with Gasteiger partial charge in [0.2, 0.25) is 0 Å². The molecule has 0 radical (unpaired) electrons. The van der Waals surface area contributed by atoms with Gasteiger partial charge >= 0.3 is 5.51 Å². The summed E-state index contributed by atoms with van der Waals surface area (Å²) in [6, 6.07) is 0. The molecule has 0 bridgehead atoms. The molecule has 0 saturated heterocycles. The van der Waals surface area contributed by atoms with Crippen LogP contribution in [0.3, 0.4) is 0 Å². The van der Waals surface area contributed by atoms with Crippen molar-refractivity contribution in [3.63, 3.8) is 0 Å². The number of hydrogen-bond acceptors (Lipinski definition) is 4. The maximum Gasteiger partial charge on any atom is 0.485 e. The van der Waals surface area contributed by atoms with Gasteiger partial charge < -0.3 is 4.55 Å². The minimum absolute atomic E-state index is 0.132. The monoisotopic (exact) mass is 372 g/mol. The zero-order chi connectivity index (χ0) is 18.2. The molecule has 132 valence electrons. The van der Waals surface area contributed by atoms with Crippen LogP contribution in [0.15, 0.2) is 0 Å². The molecule has 0 aromatic heterocycles. The predicted molar refractivity (Wildman–Crippen MR) is 82.9 cm³/mol. The number of alkyl halides is 3. The molecule has 0 atom stereocenters. The lowest BCUT2D eigenvalue weighted by molar-refractivity contribution is -0.0517. The van der Waals surface area contributed by atoms with E-state index >= 15 is 0 Å². The van der Waals surface area contributed by atoms with Gasteiger partial charge in [-0.3, -0.25) is 0 Å². The second-order valence-electron chi connectivity index (χ2n) is 5.25. The van der Waals surface area contributed by atoms with E-state index < -0.39 is 15.6 Å². The van der Waals surface area contributed by atoms with Gasteiger partial charge in [0.1, 0.15) is 0 Å². The van der Waals surface area contributed by atoms with Crippen LogP contribution < -0.4 is 0 Å². The molecule has 0 spiro atoms. The third kappa shape index (κ3) is 4.40. The van der Waals surface area contributed by atoms with E-state index in [1.165, 1.54) is 22.3 Å². The van der Waals surface area contributed by atoms with E-state index in [9.17, 15) is 13.2 Å². The maximum absolute atomic E-state index is 10.7. The van der Waals surface area contributed by atoms with E-state index in [1.54, 1.807) is 11.1 Å². The van der Waals surface area contributed by atoms with Crippen molar-refractivity contribution < 1.29 is 30.3 Å². The molecular formula is C14H19F3O4S2. The van der Waals surface area contributed by atoms with Crippen molar-refractivity contribution in [2.45, 2.75) is 44.7 Å². The molecule has 1 aliphatic rings. The van der Waals surface area contributed by atoms with Crippen LogP contribution in [0, 0.1) is 27.7 Å². The molecule has 1 aromatic carbocycles. The lowest BCUT2D eigenvalue weighted by Gasteiger charge is -2.12. The summed E-state index contributed by atoms with van der Waals surface area (Å²) in [5, 5.41) is 0. The summed E-state index contributed by atoms with van der Waals surface area (Å²) < 4.78 is 64.4. The summed E-state index contributed by atoms with van der Waals surface area (Å²) in [5.41, 5.74) is 3.37. The first-order valence-corrected chi connectivity index (χ1v) is 9.53. The number of rotatable bonds is 1. The molecule has 9 heteroatoms. The maximum atomic E-state index is 10.7. The quantitative estimate of drug-likeness (QED) is 0.431. The fraction of sp³-hybridized carbons (Fsp3) is 0.571. The van der Waals surface area contributed by atoms with Crippen LogP contribution in [0.5, 0.6) is 0 Å². The molecule has 1 heterocycles. The van der Waals surface area contributed by atoms with Crippen molar-refractivity contribution in [2.24, 2.45) is 0 Å². The highest BCUT2D eigenvalue weighted by Crippen LogP contribution is 2.35. The molecule has 0 aliphatic carbocycles. The van der Waals surface area contributed by atoms with Crippen molar-refractivity contribution in [2.75, 3.05) is 7.11 Å². The summed E-state index contributed by atoms with van der Waals surface area (Å²) in [4.78, 5) is 0. The first kappa shape index (κ1) is 20.3. The molecule has 1 aromatic rings. The van der Waals surface area contributed by atoms with Crippen molar-refractivity contribution in [1.82, 2.24) is 0 Å². The number of hydrogen-bond donors (Lipinski definition) is 0. The lowest BCUT2D eigenvalue weighted by atomic mass is 9.90. The standard InChI is InChI=1S/C13H19OS.CHF3O3S/c1-8-9(2)11(4)13-7-15(14-5)6-12(13)10(8)3;2-1(3,4)8(5,6)7/h6-7H2,1-5H3;(H,5,6,7)/q+1;/p-1. The molecule has 23 heavy (non-hydrogen) atoms. The van der Waals surface area contributed by atoms with Crippen molar-refractivity contribution >= 4 is 21.3 Å². The molecule has 1 aliphatic heterocycles. The van der Waals surface area contributed by atoms with Gasteiger partial charge in [-0.1, -0.05) is 0 Å². The fourth-order valence-electron chi connectivity index (χ4n) is 2.35. The Morgan fingerprint density at radius 3 is 1.48 bits per heavy atom. The zero-order valence-corrected chi connectivity index (χ0v) is 15.1. The second-order valence-corrected chi connectivity index (χ2v) is 8.41. The molecule has 2 rings (SSSR count). The van der Waals surface area contributed by atoms with Gasteiger partial charge in [0, 0.05) is 11.1 Å². The highest BCUT2D eigenvalue weighted by Gasteiger charge is 2.37. The second kappa shape index (κ2) is 7.00. The minimum atomic E-state index is -6.09. The summed E-state index contributed by atoms with van der Waals surface area (Å²) in [6.45, 7) is 8.98. The SMILES string of the molecule is CO[S+]1Cc2c(C)c(C)c(C)c(C)c2C1.O=S(=O)([O-])C(F)(F)F. The predicted octanol–water partition coefficient (Wildman–Crippen LogP) is 3.16. The van der Waals surface area contributed by atoms with Crippen LogP contribution in [0.1, 0.15) is 33.4 Å². The van der Waals surface area contributed by atoms with Gasteiger partial charge in [0.05, 0.1) is 7.11 Å². The normalized spacial score (nSPS) is 15.2. The van der Waals surface area contributed by atoms with Gasteiger partial charge in [-0.2, -0.15) is 17.4 Å². The molecule has 0 amide bonds. The van der Waals surface area contributed by atoms with Gasteiger partial charge in [-0.25, -0.2) is 8.42 Å². The van der Waals surface area contributed by atoms with Crippen molar-refractivity contribution in [1.29, 1.82) is 0 Å². The highest BCUT2D eigenvalue weighted by molar-refractivity contribution is 7.91. The van der Waals surface area contributed by atoms with Crippen LogP contribution in [0.2, 0.25) is 0 Å². The summed E-state index contributed by atoms with van der Waals surface area (Å²) >= 11 is 0.132. The van der Waals surface area contributed by atoms with E-state index in [0.717, 1.165) is 11.5 Å². The largest absolute Gasteiger partial charge is 0.741 e. The highest BCUT2D eigenvalue weighted by atomic mass is 32.2. The summed E-state index contributed by atoms with van der Waals surface area (Å²) in [7, 11) is -4.26. The molecule has 0 N–H and O–H groups in total. The van der Waals surface area contributed by atoms with Crippen LogP contribution in [-0.4, -0.2) is 25.6 Å². The number of halogens is 3. The summed E-state index contributed by atoms with van der Waals surface area (Å²) in [6.07, 6.45) is 0.